The Balaban J connectivity index is 0.976. The van der Waals surface area contributed by atoms with Gasteiger partial charge in [0.25, 0.3) is 0 Å². The molecule has 2 aliphatic heterocycles. The van der Waals surface area contributed by atoms with Crippen molar-refractivity contribution >= 4 is 47.8 Å². The van der Waals surface area contributed by atoms with E-state index in [2.05, 4.69) is 13.2 Å². The molecule has 1 aliphatic carbocycles. The first-order chi connectivity index (χ1) is 36.1. The predicted molar refractivity (Wildman–Crippen MR) is 260 cm³/mol. The van der Waals surface area contributed by atoms with E-state index in [0.29, 0.717) is 57.2 Å². The number of epoxide rings is 2. The molecule has 20 heteroatoms. The second-order valence-corrected chi connectivity index (χ2v) is 17.5. The van der Waals surface area contributed by atoms with Crippen molar-refractivity contribution in [2.75, 3.05) is 52.9 Å². The molecule has 0 aromatic heterocycles. The van der Waals surface area contributed by atoms with Crippen molar-refractivity contribution in [3.8, 4) is 34.5 Å². The van der Waals surface area contributed by atoms with Crippen LogP contribution in [0.2, 0.25) is 0 Å². The summed E-state index contributed by atoms with van der Waals surface area (Å²) in [5, 5.41) is 0. The van der Waals surface area contributed by atoms with Gasteiger partial charge in [0.2, 0.25) is 0 Å². The number of esters is 8. The van der Waals surface area contributed by atoms with Gasteiger partial charge in [0.1, 0.15) is 97.5 Å². The predicted octanol–water partition coefficient (Wildman–Crippen LogP) is 6.94. The molecule has 4 aromatic rings. The summed E-state index contributed by atoms with van der Waals surface area (Å²) in [7, 11) is 0. The topological polar surface area (TPSA) is 254 Å². The van der Waals surface area contributed by atoms with E-state index in [9.17, 15) is 38.4 Å². The van der Waals surface area contributed by atoms with Crippen LogP contribution >= 0.6 is 0 Å². The zero-order valence-corrected chi connectivity index (χ0v) is 41.2. The van der Waals surface area contributed by atoms with Crippen LogP contribution in [-0.2, 0) is 47.6 Å². The lowest BCUT2D eigenvalue weighted by molar-refractivity contribution is -0.141. The fraction of sp³-hybridized carbons (Fsp3) is 0.345. The van der Waals surface area contributed by atoms with Crippen molar-refractivity contribution in [1.29, 1.82) is 0 Å². The van der Waals surface area contributed by atoms with Crippen molar-refractivity contribution in [3.63, 3.8) is 0 Å². The highest BCUT2D eigenvalue weighted by atomic mass is 16.6. The quantitative estimate of drug-likeness (QED) is 0.0131. The van der Waals surface area contributed by atoms with E-state index in [0.717, 1.165) is 0 Å². The summed E-state index contributed by atoms with van der Waals surface area (Å²) < 4.78 is 64.9. The molecule has 75 heavy (non-hydrogen) atoms. The standard InChI is InChI=1S/C55H54O20/c1-32(2)48(56)64-22-24-66-54(62)44-26-40(18-20-46(44)74-52(60)36-10-14-38(15-11-36)68-28-42-30-70-42)72-50(58)34-6-5-7-35(9-8-34)51(59)73-41-19-21-47(45(27-41)55(63)67-25-23-65-49(57)33(3)4)75-53(61)37-12-16-39(17-13-37)69-29-43-31-71-43/h10-21,26-27,34-35,42-43H,1,3,5-9,22-25,28-31H2,2,4H3. The Bertz CT molecular complexity index is 2600. The summed E-state index contributed by atoms with van der Waals surface area (Å²) in [5.41, 5.74) is 0.0464. The molecule has 3 aliphatic rings. The summed E-state index contributed by atoms with van der Waals surface area (Å²) in [5.74, 6) is -7.11. The molecule has 1 saturated carbocycles. The first-order valence-electron chi connectivity index (χ1n) is 23.9. The summed E-state index contributed by atoms with van der Waals surface area (Å²) in [6.45, 7) is 10.6. The Morgan fingerprint density at radius 1 is 0.467 bits per heavy atom. The van der Waals surface area contributed by atoms with Gasteiger partial charge in [0.15, 0.2) is 0 Å². The highest BCUT2D eigenvalue weighted by Crippen LogP contribution is 2.33. The van der Waals surface area contributed by atoms with Crippen LogP contribution in [0, 0.1) is 11.8 Å². The largest absolute Gasteiger partial charge is 0.491 e. The molecule has 0 N–H and O–H groups in total. The van der Waals surface area contributed by atoms with E-state index in [1.54, 1.807) is 24.3 Å². The maximum Gasteiger partial charge on any atom is 0.343 e. The molecule has 0 spiro atoms. The maximum absolute atomic E-state index is 13.7. The van der Waals surface area contributed by atoms with Crippen molar-refractivity contribution in [3.05, 3.63) is 131 Å². The van der Waals surface area contributed by atoms with Gasteiger partial charge < -0.3 is 56.8 Å². The minimum absolute atomic E-state index is 0.0357. The summed E-state index contributed by atoms with van der Waals surface area (Å²) in [6.07, 6.45) is 1.62. The van der Waals surface area contributed by atoms with Crippen LogP contribution in [0.5, 0.6) is 34.5 Å². The number of carbonyl (C=O) groups is 8. The average Bonchev–Trinajstić information content (AvgIpc) is 4.34. The van der Waals surface area contributed by atoms with E-state index >= 15 is 0 Å². The summed E-state index contributed by atoms with van der Waals surface area (Å²) >= 11 is 0. The Hall–Kier alpha value is -8.36. The molecule has 0 bridgehead atoms. The third-order valence-corrected chi connectivity index (χ3v) is 11.5. The molecule has 0 amide bonds. The molecule has 4 aromatic carbocycles. The van der Waals surface area contributed by atoms with Crippen LogP contribution < -0.4 is 28.4 Å². The summed E-state index contributed by atoms with van der Waals surface area (Å²) in [6, 6.07) is 19.9. The molecule has 2 saturated heterocycles. The first-order valence-corrected chi connectivity index (χ1v) is 23.9. The minimum atomic E-state index is -0.974. The van der Waals surface area contributed by atoms with Crippen LogP contribution in [0.25, 0.3) is 0 Å². The monoisotopic (exact) mass is 1030 g/mol. The van der Waals surface area contributed by atoms with E-state index in [4.69, 9.17) is 56.8 Å². The number of hydrogen-bond acceptors (Lipinski definition) is 20. The van der Waals surface area contributed by atoms with Gasteiger partial charge in [-0.05, 0) is 124 Å². The van der Waals surface area contributed by atoms with Gasteiger partial charge in [-0.1, -0.05) is 19.6 Å². The lowest BCUT2D eigenvalue weighted by Crippen LogP contribution is -2.22. The zero-order valence-electron chi connectivity index (χ0n) is 41.2. The average molecular weight is 1040 g/mol. The molecule has 2 heterocycles. The molecule has 4 unspecified atom stereocenters. The van der Waals surface area contributed by atoms with Crippen molar-refractivity contribution in [1.82, 2.24) is 0 Å². The van der Waals surface area contributed by atoms with Crippen molar-refractivity contribution in [2.24, 2.45) is 11.8 Å². The smallest absolute Gasteiger partial charge is 0.343 e. The minimum Gasteiger partial charge on any atom is -0.491 e. The van der Waals surface area contributed by atoms with Gasteiger partial charge in [-0.25, -0.2) is 28.8 Å². The first kappa shape index (κ1) is 54.4. The highest BCUT2D eigenvalue weighted by molar-refractivity contribution is 5.98. The van der Waals surface area contributed by atoms with Crippen LogP contribution in [0.1, 0.15) is 87.4 Å². The molecule has 7 rings (SSSR count). The van der Waals surface area contributed by atoms with E-state index in [1.807, 2.05) is 0 Å². The van der Waals surface area contributed by atoms with Gasteiger partial charge in [0, 0.05) is 11.1 Å². The van der Waals surface area contributed by atoms with Crippen LogP contribution in [0.3, 0.4) is 0 Å². The lowest BCUT2D eigenvalue weighted by atomic mass is 9.98. The third kappa shape index (κ3) is 16.6. The molecule has 0 radical (unpaired) electrons. The normalized spacial score (nSPS) is 17.3. The lowest BCUT2D eigenvalue weighted by Gasteiger charge is -2.16. The fourth-order valence-electron chi connectivity index (χ4n) is 7.15. The Kier molecular flexibility index (Phi) is 18.9. The van der Waals surface area contributed by atoms with Gasteiger partial charge in [0.05, 0.1) is 36.2 Å². The second-order valence-electron chi connectivity index (χ2n) is 17.5. The maximum atomic E-state index is 13.7. The molecular formula is C55H54O20. The Morgan fingerprint density at radius 2 is 0.827 bits per heavy atom. The Morgan fingerprint density at radius 3 is 1.19 bits per heavy atom. The number of carbonyl (C=O) groups excluding carboxylic acids is 8. The van der Waals surface area contributed by atoms with E-state index in [-0.39, 0.29) is 108 Å². The third-order valence-electron chi connectivity index (χ3n) is 11.5. The van der Waals surface area contributed by atoms with E-state index in [1.165, 1.54) is 74.5 Å². The second kappa shape index (κ2) is 26.0. The molecular weight excluding hydrogens is 981 g/mol. The molecule has 394 valence electrons. The van der Waals surface area contributed by atoms with Gasteiger partial charge in [-0.3, -0.25) is 9.59 Å². The number of hydrogen-bond donors (Lipinski definition) is 0. The van der Waals surface area contributed by atoms with Crippen LogP contribution in [0.4, 0.5) is 0 Å². The molecule has 3 fully saturated rings. The highest BCUT2D eigenvalue weighted by Gasteiger charge is 2.32. The number of benzene rings is 4. The molecule has 20 nitrogen and oxygen atoms in total. The number of rotatable bonds is 24. The van der Waals surface area contributed by atoms with Gasteiger partial charge >= 0.3 is 47.8 Å². The fourth-order valence-corrected chi connectivity index (χ4v) is 7.15. The zero-order chi connectivity index (χ0) is 53.4. The Labute approximate surface area is 430 Å². The van der Waals surface area contributed by atoms with Crippen LogP contribution in [0.15, 0.2) is 109 Å². The SMILES string of the molecule is C=C(C)C(=O)OCCOC(=O)c1cc(OC(=O)C2CCCC(C(=O)Oc3ccc(OC(=O)c4ccc(OCC5CO5)cc4)c(C(=O)OCCOC(=O)C(=C)C)c3)CC2)ccc1OC(=O)c1ccc(OCC2CO2)cc1. The van der Waals surface area contributed by atoms with Crippen molar-refractivity contribution in [2.45, 2.75) is 58.2 Å². The van der Waals surface area contributed by atoms with Crippen molar-refractivity contribution < 1.29 is 95.2 Å². The summed E-state index contributed by atoms with van der Waals surface area (Å²) in [4.78, 5) is 104. The van der Waals surface area contributed by atoms with Crippen LogP contribution in [-0.4, -0.2) is 113 Å². The molecule has 4 atom stereocenters. The number of ether oxygens (including phenoxy) is 12. The van der Waals surface area contributed by atoms with Gasteiger partial charge in [-0.15, -0.1) is 0 Å². The van der Waals surface area contributed by atoms with Gasteiger partial charge in [-0.2, -0.15) is 0 Å². The van der Waals surface area contributed by atoms with E-state index < -0.39 is 59.6 Å².